The van der Waals surface area contributed by atoms with Gasteiger partial charge < -0.3 is 17.7 Å². The van der Waals surface area contributed by atoms with E-state index in [0.29, 0.717) is 21.3 Å². The maximum Gasteiger partial charge on any atom is 0.258 e. The maximum atomic E-state index is 13.4. The van der Waals surface area contributed by atoms with Crippen LogP contribution >= 0.6 is 23.2 Å². The number of anilines is 1. The molecule has 0 aliphatic heterocycles. The van der Waals surface area contributed by atoms with Crippen molar-refractivity contribution in [2.45, 2.75) is 13.8 Å². The van der Waals surface area contributed by atoms with Crippen LogP contribution < -0.4 is 17.7 Å². The Bertz CT molecular complexity index is 1250. The molecule has 0 atom stereocenters. The van der Waals surface area contributed by atoms with Crippen molar-refractivity contribution in [3.63, 3.8) is 0 Å². The summed E-state index contributed by atoms with van der Waals surface area (Å²) >= 11 is 12.8. The monoisotopic (exact) mass is 455 g/mol. The highest BCUT2D eigenvalue weighted by molar-refractivity contribution is 6.35. The molecular formula is C24H18Cl3N2O-. The number of rotatable bonds is 3. The topological polar surface area (TPSA) is 42.0 Å². The Labute approximate surface area is 191 Å². The Hall–Kier alpha value is -2.59. The number of carbonyl (C=O) groups excluding carboxylic acids is 1. The van der Waals surface area contributed by atoms with Gasteiger partial charge >= 0.3 is 0 Å². The van der Waals surface area contributed by atoms with Crippen LogP contribution in [0.15, 0.2) is 66.7 Å². The zero-order chi connectivity index (χ0) is 20.5. The minimum atomic E-state index is -0.235. The second kappa shape index (κ2) is 9.05. The van der Waals surface area contributed by atoms with Gasteiger partial charge in [-0.25, -0.2) is 0 Å². The minimum absolute atomic E-state index is 0. The fourth-order valence-corrected chi connectivity index (χ4v) is 3.88. The van der Waals surface area contributed by atoms with Crippen molar-refractivity contribution in [1.29, 1.82) is 0 Å². The summed E-state index contributed by atoms with van der Waals surface area (Å²) in [6, 6.07) is 20.6. The molecule has 0 unspecified atom stereocenters. The van der Waals surface area contributed by atoms with Gasteiger partial charge in [-0.05, 0) is 49.7 Å². The molecule has 4 rings (SSSR count). The zero-order valence-electron chi connectivity index (χ0n) is 16.3. The average molecular weight is 457 g/mol. The number of hydrogen-bond donors (Lipinski definition) is 1. The molecule has 0 radical (unpaired) electrons. The number of nitrogens with zero attached hydrogens (tertiary/aromatic N) is 1. The maximum absolute atomic E-state index is 13.4. The van der Waals surface area contributed by atoms with E-state index in [1.54, 1.807) is 6.07 Å². The number of aryl methyl sites for hydroxylation is 2. The summed E-state index contributed by atoms with van der Waals surface area (Å²) < 4.78 is 0. The summed E-state index contributed by atoms with van der Waals surface area (Å²) in [5, 5.41) is 4.94. The predicted octanol–water partition coefficient (Wildman–Crippen LogP) is 4.08. The van der Waals surface area contributed by atoms with E-state index in [4.69, 9.17) is 23.2 Å². The number of aromatic nitrogens is 1. The number of carbonyl (C=O) groups is 1. The first-order valence-corrected chi connectivity index (χ1v) is 9.93. The van der Waals surface area contributed by atoms with E-state index in [1.807, 2.05) is 74.5 Å². The minimum Gasteiger partial charge on any atom is -1.00 e. The number of pyridine rings is 1. The number of amides is 1. The standard InChI is InChI=1S/C24H18Cl2N2O.ClH/c1-14-7-3-6-10-20(14)28-24(29)22-15(2)27-21-12-11-16(25)13-18(21)23(22)17-8-4-5-9-19(17)26;/h3-13H,1-2H3,(H,28,29);1H/p-1. The molecule has 0 aliphatic rings. The normalized spacial score (nSPS) is 10.5. The number of para-hydroxylation sites is 1. The van der Waals surface area contributed by atoms with E-state index in [0.717, 1.165) is 33.3 Å². The Morgan fingerprint density at radius 3 is 2.37 bits per heavy atom. The van der Waals surface area contributed by atoms with Crippen molar-refractivity contribution in [2.75, 3.05) is 5.32 Å². The molecular weight excluding hydrogens is 439 g/mol. The predicted molar refractivity (Wildman–Crippen MR) is 121 cm³/mol. The van der Waals surface area contributed by atoms with Crippen LogP contribution in [0.4, 0.5) is 5.69 Å². The van der Waals surface area contributed by atoms with Crippen molar-refractivity contribution >= 4 is 45.7 Å². The number of nitrogens with one attached hydrogen (secondary N) is 1. The van der Waals surface area contributed by atoms with Gasteiger partial charge in [-0.3, -0.25) is 9.78 Å². The summed E-state index contributed by atoms with van der Waals surface area (Å²) in [6.45, 7) is 3.79. The molecule has 1 aromatic heterocycles. The van der Waals surface area contributed by atoms with Crippen LogP contribution in [0.25, 0.3) is 22.0 Å². The Kier molecular flexibility index (Phi) is 6.67. The molecule has 0 fully saturated rings. The summed E-state index contributed by atoms with van der Waals surface area (Å²) in [6.07, 6.45) is 0. The second-order valence-electron chi connectivity index (χ2n) is 6.86. The highest BCUT2D eigenvalue weighted by Gasteiger charge is 2.22. The van der Waals surface area contributed by atoms with Gasteiger partial charge in [-0.15, -0.1) is 0 Å². The average Bonchev–Trinajstić information content (AvgIpc) is 2.69. The van der Waals surface area contributed by atoms with Gasteiger partial charge in [0, 0.05) is 32.2 Å². The van der Waals surface area contributed by atoms with E-state index in [9.17, 15) is 4.79 Å². The first-order valence-electron chi connectivity index (χ1n) is 9.17. The third kappa shape index (κ3) is 4.15. The molecule has 0 saturated heterocycles. The highest BCUT2D eigenvalue weighted by Crippen LogP contribution is 2.38. The zero-order valence-corrected chi connectivity index (χ0v) is 18.6. The molecule has 30 heavy (non-hydrogen) atoms. The van der Waals surface area contributed by atoms with E-state index < -0.39 is 0 Å². The van der Waals surface area contributed by atoms with Crippen LogP contribution in [0.5, 0.6) is 0 Å². The molecule has 152 valence electrons. The molecule has 3 nitrogen and oxygen atoms in total. The van der Waals surface area contributed by atoms with Crippen LogP contribution in [-0.4, -0.2) is 10.9 Å². The molecule has 1 heterocycles. The van der Waals surface area contributed by atoms with Crippen molar-refractivity contribution in [3.05, 3.63) is 93.6 Å². The molecule has 1 amide bonds. The molecule has 0 saturated carbocycles. The Morgan fingerprint density at radius 2 is 1.63 bits per heavy atom. The highest BCUT2D eigenvalue weighted by atomic mass is 35.5. The van der Waals surface area contributed by atoms with Crippen LogP contribution in [0.1, 0.15) is 21.6 Å². The number of fused-ring (bicyclic) bond motifs is 1. The molecule has 4 aromatic rings. The van der Waals surface area contributed by atoms with Gasteiger partial charge in [0.2, 0.25) is 0 Å². The van der Waals surface area contributed by atoms with Crippen LogP contribution in [0.2, 0.25) is 10.0 Å². The van der Waals surface area contributed by atoms with Crippen molar-refractivity contribution in [1.82, 2.24) is 4.98 Å². The lowest BCUT2D eigenvalue weighted by Gasteiger charge is -2.17. The smallest absolute Gasteiger partial charge is 0.258 e. The number of halogens is 3. The van der Waals surface area contributed by atoms with Gasteiger partial charge in [0.25, 0.3) is 5.91 Å². The number of benzene rings is 3. The summed E-state index contributed by atoms with van der Waals surface area (Å²) in [4.78, 5) is 18.0. The summed E-state index contributed by atoms with van der Waals surface area (Å²) in [5.41, 5.74) is 5.10. The molecule has 3 aromatic carbocycles. The van der Waals surface area contributed by atoms with Gasteiger partial charge in [0.15, 0.2) is 0 Å². The summed E-state index contributed by atoms with van der Waals surface area (Å²) in [7, 11) is 0. The van der Waals surface area contributed by atoms with Gasteiger partial charge in [-0.2, -0.15) is 0 Å². The van der Waals surface area contributed by atoms with Crippen LogP contribution in [0.3, 0.4) is 0 Å². The van der Waals surface area contributed by atoms with E-state index >= 15 is 0 Å². The molecule has 1 N–H and O–H groups in total. The fourth-order valence-electron chi connectivity index (χ4n) is 3.48. The van der Waals surface area contributed by atoms with Gasteiger partial charge in [-0.1, -0.05) is 59.6 Å². The quantitative estimate of drug-likeness (QED) is 0.505. The SMILES string of the molecule is Cc1ccccc1NC(=O)c1c(C)nc2ccc(Cl)cc2c1-c1ccccc1Cl.[Cl-]. The summed E-state index contributed by atoms with van der Waals surface area (Å²) in [5.74, 6) is -0.235. The van der Waals surface area contributed by atoms with E-state index in [1.165, 1.54) is 0 Å². The van der Waals surface area contributed by atoms with Crippen LogP contribution in [0, 0.1) is 13.8 Å². The van der Waals surface area contributed by atoms with Gasteiger partial charge in [0.05, 0.1) is 16.8 Å². The second-order valence-corrected chi connectivity index (χ2v) is 7.70. The molecule has 0 bridgehead atoms. The molecule has 0 aliphatic carbocycles. The Morgan fingerprint density at radius 1 is 0.933 bits per heavy atom. The van der Waals surface area contributed by atoms with E-state index in [2.05, 4.69) is 10.3 Å². The van der Waals surface area contributed by atoms with Crippen LogP contribution in [-0.2, 0) is 0 Å². The lowest BCUT2D eigenvalue weighted by atomic mass is 9.93. The molecule has 6 heteroatoms. The largest absolute Gasteiger partial charge is 1.00 e. The fraction of sp³-hybridized carbons (Fsp3) is 0.0833. The van der Waals surface area contributed by atoms with E-state index in [-0.39, 0.29) is 18.3 Å². The van der Waals surface area contributed by atoms with Crippen molar-refractivity contribution < 1.29 is 17.2 Å². The Balaban J connectivity index is 0.00000256. The number of hydrogen-bond acceptors (Lipinski definition) is 2. The third-order valence-corrected chi connectivity index (χ3v) is 5.46. The van der Waals surface area contributed by atoms with Crippen molar-refractivity contribution in [2.24, 2.45) is 0 Å². The third-order valence-electron chi connectivity index (χ3n) is 4.89. The lowest BCUT2D eigenvalue weighted by molar-refractivity contribution is -0.0000134. The first-order chi connectivity index (χ1) is 14.0. The van der Waals surface area contributed by atoms with Gasteiger partial charge in [0.1, 0.15) is 0 Å². The first kappa shape index (κ1) is 22.1. The van der Waals surface area contributed by atoms with Crippen molar-refractivity contribution in [3.8, 4) is 11.1 Å². The molecule has 0 spiro atoms. The lowest BCUT2D eigenvalue weighted by Crippen LogP contribution is -3.00.